The smallest absolute Gasteiger partial charge is 0.261 e. The van der Waals surface area contributed by atoms with E-state index < -0.39 is 0 Å². The molecule has 0 bridgehead atoms. The van der Waals surface area contributed by atoms with Gasteiger partial charge in [0.2, 0.25) is 0 Å². The minimum atomic E-state index is -0.387. The summed E-state index contributed by atoms with van der Waals surface area (Å²) in [6.07, 6.45) is 2.95. The van der Waals surface area contributed by atoms with Crippen LogP contribution in [0.5, 0.6) is 5.75 Å². The van der Waals surface area contributed by atoms with E-state index in [1.807, 2.05) is 21.0 Å². The molecule has 1 atom stereocenters. The van der Waals surface area contributed by atoms with E-state index in [9.17, 15) is 9.18 Å². The van der Waals surface area contributed by atoms with Crippen LogP contribution in [0.2, 0.25) is 0 Å². The Labute approximate surface area is 196 Å². The van der Waals surface area contributed by atoms with Crippen molar-refractivity contribution in [3.8, 4) is 5.75 Å². The number of thiophene rings is 1. The van der Waals surface area contributed by atoms with Gasteiger partial charge in [-0.3, -0.25) is 4.79 Å². The number of aryl methyl sites for hydroxylation is 1. The van der Waals surface area contributed by atoms with E-state index in [2.05, 4.69) is 25.5 Å². The fourth-order valence-corrected chi connectivity index (χ4v) is 4.74. The van der Waals surface area contributed by atoms with Gasteiger partial charge in [0, 0.05) is 19.0 Å². The third-order valence-corrected chi connectivity index (χ3v) is 6.58. The summed E-state index contributed by atoms with van der Waals surface area (Å²) in [4.78, 5) is 24.9. The van der Waals surface area contributed by atoms with Crippen LogP contribution in [0.4, 0.5) is 15.9 Å². The van der Waals surface area contributed by atoms with Gasteiger partial charge >= 0.3 is 0 Å². The van der Waals surface area contributed by atoms with Crippen molar-refractivity contribution in [2.24, 2.45) is 0 Å². The van der Waals surface area contributed by atoms with Crippen molar-refractivity contribution in [1.82, 2.24) is 20.2 Å². The van der Waals surface area contributed by atoms with Gasteiger partial charge in [0.25, 0.3) is 5.91 Å². The zero-order valence-electron chi connectivity index (χ0n) is 19.0. The van der Waals surface area contributed by atoms with Gasteiger partial charge in [0.15, 0.2) is 0 Å². The maximum absolute atomic E-state index is 13.9. The second kappa shape index (κ2) is 10.4. The first-order valence-electron chi connectivity index (χ1n) is 10.9. The summed E-state index contributed by atoms with van der Waals surface area (Å²) in [5, 5.41) is 7.01. The van der Waals surface area contributed by atoms with Gasteiger partial charge in [0.1, 0.15) is 34.6 Å². The van der Waals surface area contributed by atoms with Crippen LogP contribution >= 0.6 is 11.3 Å². The second-order valence-electron chi connectivity index (χ2n) is 8.24. The highest BCUT2D eigenvalue weighted by Gasteiger charge is 2.22. The zero-order chi connectivity index (χ0) is 23.4. The number of hydrogen-bond acceptors (Lipinski definition) is 8. The second-order valence-corrected chi connectivity index (χ2v) is 9.24. The van der Waals surface area contributed by atoms with Crippen molar-refractivity contribution in [1.29, 1.82) is 0 Å². The van der Waals surface area contributed by atoms with Crippen molar-refractivity contribution in [3.63, 3.8) is 0 Å². The van der Waals surface area contributed by atoms with Gasteiger partial charge < -0.3 is 25.0 Å². The minimum Gasteiger partial charge on any atom is -0.486 e. The molecule has 0 unspecified atom stereocenters. The number of hydrogen-bond donors (Lipinski definition) is 2. The summed E-state index contributed by atoms with van der Waals surface area (Å²) in [6.45, 7) is 4.50. The molecular weight excluding hydrogens is 445 g/mol. The van der Waals surface area contributed by atoms with Crippen molar-refractivity contribution in [2.75, 3.05) is 45.7 Å². The molecule has 8 nitrogen and oxygen atoms in total. The highest BCUT2D eigenvalue weighted by Crippen LogP contribution is 2.37. The van der Waals surface area contributed by atoms with E-state index in [1.54, 1.807) is 6.07 Å². The highest BCUT2D eigenvalue weighted by molar-refractivity contribution is 7.20. The molecule has 2 N–H and O–H groups in total. The molecule has 1 amide bonds. The number of carbonyl (C=O) groups excluding carboxylic acids is 1. The molecule has 176 valence electrons. The Hall–Kier alpha value is -2.82. The van der Waals surface area contributed by atoms with E-state index in [1.165, 1.54) is 29.8 Å². The molecule has 4 rings (SSSR count). The van der Waals surface area contributed by atoms with E-state index in [-0.39, 0.29) is 17.8 Å². The average molecular weight is 474 g/mol. The molecule has 0 radical (unpaired) electrons. The van der Waals surface area contributed by atoms with Crippen LogP contribution < -0.4 is 15.4 Å². The molecule has 33 heavy (non-hydrogen) atoms. The number of carbonyl (C=O) groups is 1. The van der Waals surface area contributed by atoms with Gasteiger partial charge in [-0.1, -0.05) is 0 Å². The normalized spacial score (nSPS) is 15.8. The molecule has 1 aromatic carbocycles. The maximum Gasteiger partial charge on any atom is 0.261 e. The number of nitrogens with zero attached hydrogens (tertiary/aromatic N) is 3. The van der Waals surface area contributed by atoms with Gasteiger partial charge in [-0.15, -0.1) is 11.3 Å². The SMILES string of the molecule is Cc1c(C(=O)NCCCN(C)C)sc2ncnc(Nc3ccc(F)cc3O[C@H]3CCOC3)c12. The first-order valence-corrected chi connectivity index (χ1v) is 11.7. The molecule has 3 heterocycles. The van der Waals surface area contributed by atoms with Gasteiger partial charge in [-0.25, -0.2) is 14.4 Å². The topological polar surface area (TPSA) is 88.6 Å². The lowest BCUT2D eigenvalue weighted by atomic mass is 10.2. The molecule has 0 spiro atoms. The number of amides is 1. The van der Waals surface area contributed by atoms with E-state index in [4.69, 9.17) is 9.47 Å². The highest BCUT2D eigenvalue weighted by atomic mass is 32.1. The predicted octanol–water partition coefficient (Wildman–Crippen LogP) is 3.73. The van der Waals surface area contributed by atoms with Crippen molar-refractivity contribution in [3.05, 3.63) is 40.8 Å². The summed E-state index contributed by atoms with van der Waals surface area (Å²) in [5.41, 5.74) is 1.39. The summed E-state index contributed by atoms with van der Waals surface area (Å²) >= 11 is 1.33. The van der Waals surface area contributed by atoms with Crippen LogP contribution in [-0.4, -0.2) is 67.3 Å². The number of nitrogens with one attached hydrogen (secondary N) is 2. The molecule has 1 aliphatic heterocycles. The molecule has 1 saturated heterocycles. The summed E-state index contributed by atoms with van der Waals surface area (Å²) < 4.78 is 25.3. The Bertz CT molecular complexity index is 1130. The van der Waals surface area contributed by atoms with Crippen molar-refractivity contribution >= 4 is 39.0 Å². The van der Waals surface area contributed by atoms with Gasteiger partial charge in [-0.05, 0) is 51.7 Å². The lowest BCUT2D eigenvalue weighted by Gasteiger charge is -2.17. The number of benzene rings is 1. The van der Waals surface area contributed by atoms with E-state index in [0.29, 0.717) is 46.7 Å². The maximum atomic E-state index is 13.9. The molecule has 1 fully saturated rings. The van der Waals surface area contributed by atoms with Crippen LogP contribution in [0, 0.1) is 12.7 Å². The molecule has 10 heteroatoms. The summed E-state index contributed by atoms with van der Waals surface area (Å²) in [7, 11) is 4.01. The van der Waals surface area contributed by atoms with Gasteiger partial charge in [0.05, 0.1) is 29.2 Å². The standard InChI is InChI=1S/C23H28FN5O3S/c1-14-19-21(28-17-6-5-15(24)11-18(17)32-16-7-10-31-12-16)26-13-27-23(19)33-20(14)22(30)25-8-4-9-29(2)3/h5-6,11,13,16H,4,7-10,12H2,1-3H3,(H,25,30)(H,26,27,28)/t16-/m0/s1. The van der Waals surface area contributed by atoms with Crippen molar-refractivity contribution < 1.29 is 18.7 Å². The molecular formula is C23H28FN5O3S. The fourth-order valence-electron chi connectivity index (χ4n) is 3.67. The summed E-state index contributed by atoms with van der Waals surface area (Å²) in [6, 6.07) is 4.34. The minimum absolute atomic E-state index is 0.118. The number of aromatic nitrogens is 2. The van der Waals surface area contributed by atoms with E-state index in [0.717, 1.165) is 30.3 Å². The van der Waals surface area contributed by atoms with Crippen LogP contribution in [0.15, 0.2) is 24.5 Å². The molecule has 0 aliphatic carbocycles. The third kappa shape index (κ3) is 5.58. The summed E-state index contributed by atoms with van der Waals surface area (Å²) in [5.74, 6) is 0.429. The lowest BCUT2D eigenvalue weighted by Crippen LogP contribution is -2.26. The monoisotopic (exact) mass is 473 g/mol. The first kappa shape index (κ1) is 23.3. The number of rotatable bonds is 9. The Morgan fingerprint density at radius 3 is 2.97 bits per heavy atom. The zero-order valence-corrected chi connectivity index (χ0v) is 19.8. The number of anilines is 2. The largest absolute Gasteiger partial charge is 0.486 e. The Morgan fingerprint density at radius 1 is 1.36 bits per heavy atom. The van der Waals surface area contributed by atoms with Crippen LogP contribution in [0.25, 0.3) is 10.2 Å². The third-order valence-electron chi connectivity index (χ3n) is 5.38. The number of fused-ring (bicyclic) bond motifs is 1. The van der Waals surface area contributed by atoms with Crippen LogP contribution in [0.3, 0.4) is 0 Å². The molecule has 0 saturated carbocycles. The Morgan fingerprint density at radius 2 is 2.21 bits per heavy atom. The number of halogens is 1. The quantitative estimate of drug-likeness (QED) is 0.458. The average Bonchev–Trinajstić information content (AvgIpc) is 3.41. The van der Waals surface area contributed by atoms with Crippen LogP contribution in [0.1, 0.15) is 28.1 Å². The Kier molecular flexibility index (Phi) is 7.36. The predicted molar refractivity (Wildman–Crippen MR) is 127 cm³/mol. The fraction of sp³-hybridized carbons (Fsp3) is 0.435. The number of ether oxygens (including phenoxy) is 2. The van der Waals surface area contributed by atoms with Crippen molar-refractivity contribution in [2.45, 2.75) is 25.9 Å². The van der Waals surface area contributed by atoms with E-state index >= 15 is 0 Å². The first-order chi connectivity index (χ1) is 15.9. The molecule has 3 aromatic rings. The van der Waals surface area contributed by atoms with Crippen LogP contribution in [-0.2, 0) is 4.74 Å². The molecule has 1 aliphatic rings. The molecule has 2 aromatic heterocycles. The van der Waals surface area contributed by atoms with Gasteiger partial charge in [-0.2, -0.15) is 0 Å². The Balaban J connectivity index is 1.57. The lowest BCUT2D eigenvalue weighted by molar-refractivity contribution is 0.0956.